The quantitative estimate of drug-likeness (QED) is 0.704. The fourth-order valence-electron chi connectivity index (χ4n) is 0.620. The normalized spacial score (nSPS) is 11.7. The molecule has 1 aromatic heterocycles. The maximum atomic E-state index is 12.0. The van der Waals surface area contributed by atoms with E-state index < -0.39 is 11.7 Å². The molecule has 0 saturated heterocycles. The van der Waals surface area contributed by atoms with Crippen molar-refractivity contribution >= 4 is 28.1 Å². The molecule has 0 aromatic carbocycles. The second-order valence-electron chi connectivity index (χ2n) is 2.06. The first-order chi connectivity index (χ1) is 5.41. The zero-order valence-corrected chi connectivity index (χ0v) is 7.98. The lowest BCUT2D eigenvalue weighted by atomic mass is 10.3. The van der Waals surface area contributed by atoms with Gasteiger partial charge < -0.3 is 4.98 Å². The van der Waals surface area contributed by atoms with E-state index in [1.165, 1.54) is 0 Å². The standard InChI is InChI=1S/C6H3BrF3NS/c7-4-1-3(6(8,9)10)2-11-5(4)12/h1-2H,(H,11,12). The van der Waals surface area contributed by atoms with Crippen molar-refractivity contribution in [2.75, 3.05) is 0 Å². The van der Waals surface area contributed by atoms with Crippen molar-refractivity contribution in [2.24, 2.45) is 0 Å². The molecule has 12 heavy (non-hydrogen) atoms. The van der Waals surface area contributed by atoms with E-state index in [-0.39, 0.29) is 9.11 Å². The van der Waals surface area contributed by atoms with Crippen molar-refractivity contribution in [1.29, 1.82) is 0 Å². The SMILES string of the molecule is FC(F)(F)c1c[nH]c(=S)c(Br)c1. The van der Waals surface area contributed by atoms with Crippen molar-refractivity contribution in [3.63, 3.8) is 0 Å². The highest BCUT2D eigenvalue weighted by Crippen LogP contribution is 2.30. The first kappa shape index (κ1) is 9.73. The van der Waals surface area contributed by atoms with Crippen LogP contribution in [0.15, 0.2) is 16.7 Å². The fraction of sp³-hybridized carbons (Fsp3) is 0.167. The zero-order valence-electron chi connectivity index (χ0n) is 5.57. The largest absolute Gasteiger partial charge is 0.417 e. The van der Waals surface area contributed by atoms with Gasteiger partial charge in [-0.25, -0.2) is 0 Å². The van der Waals surface area contributed by atoms with E-state index in [0.717, 1.165) is 12.3 Å². The van der Waals surface area contributed by atoms with Gasteiger partial charge in [-0.2, -0.15) is 13.2 Å². The molecule has 66 valence electrons. The Morgan fingerprint density at radius 2 is 2.00 bits per heavy atom. The lowest BCUT2D eigenvalue weighted by Crippen LogP contribution is -2.05. The molecule has 0 unspecified atom stereocenters. The topological polar surface area (TPSA) is 15.8 Å². The monoisotopic (exact) mass is 257 g/mol. The van der Waals surface area contributed by atoms with Crippen LogP contribution < -0.4 is 0 Å². The third-order valence-corrected chi connectivity index (χ3v) is 2.41. The molecule has 0 radical (unpaired) electrons. The molecule has 0 spiro atoms. The first-order valence-corrected chi connectivity index (χ1v) is 4.07. The minimum Gasteiger partial charge on any atom is -0.351 e. The number of H-pyrrole nitrogens is 1. The number of rotatable bonds is 0. The van der Waals surface area contributed by atoms with Gasteiger partial charge in [-0.05, 0) is 22.0 Å². The second kappa shape index (κ2) is 3.18. The molecule has 0 amide bonds. The van der Waals surface area contributed by atoms with Crippen LogP contribution in [-0.2, 0) is 6.18 Å². The van der Waals surface area contributed by atoms with Crippen molar-refractivity contribution in [2.45, 2.75) is 6.18 Å². The number of nitrogens with one attached hydrogen (secondary N) is 1. The van der Waals surface area contributed by atoms with E-state index in [1.807, 2.05) is 0 Å². The smallest absolute Gasteiger partial charge is 0.351 e. The second-order valence-corrected chi connectivity index (χ2v) is 3.33. The highest BCUT2D eigenvalue weighted by atomic mass is 79.9. The summed E-state index contributed by atoms with van der Waals surface area (Å²) in [6, 6.07) is 0.943. The molecule has 1 aromatic rings. The summed E-state index contributed by atoms with van der Waals surface area (Å²) < 4.78 is 36.6. The predicted molar refractivity (Wildman–Crippen MR) is 44.3 cm³/mol. The maximum absolute atomic E-state index is 12.0. The van der Waals surface area contributed by atoms with Crippen LogP contribution in [0, 0.1) is 4.64 Å². The van der Waals surface area contributed by atoms with Gasteiger partial charge in [0.25, 0.3) is 0 Å². The molecule has 0 fully saturated rings. The number of hydrogen-bond donors (Lipinski definition) is 1. The summed E-state index contributed by atoms with van der Waals surface area (Å²) in [5, 5.41) is 0. The van der Waals surface area contributed by atoms with Gasteiger partial charge in [0.1, 0.15) is 4.64 Å². The molecule has 6 heteroatoms. The molecule has 1 nitrogen and oxygen atoms in total. The van der Waals surface area contributed by atoms with Crippen molar-refractivity contribution in [1.82, 2.24) is 4.98 Å². The molecule has 0 saturated carbocycles. The van der Waals surface area contributed by atoms with Crippen LogP contribution in [-0.4, -0.2) is 4.98 Å². The number of alkyl halides is 3. The lowest BCUT2D eigenvalue weighted by Gasteiger charge is -2.05. The van der Waals surface area contributed by atoms with Gasteiger partial charge in [-0.15, -0.1) is 0 Å². The highest BCUT2D eigenvalue weighted by Gasteiger charge is 2.30. The summed E-state index contributed by atoms with van der Waals surface area (Å²) in [4.78, 5) is 2.32. The Bertz CT molecular complexity index is 343. The van der Waals surface area contributed by atoms with Crippen molar-refractivity contribution < 1.29 is 13.2 Å². The minimum absolute atomic E-state index is 0.243. The first-order valence-electron chi connectivity index (χ1n) is 2.86. The summed E-state index contributed by atoms with van der Waals surface area (Å²) in [6.45, 7) is 0. The van der Waals surface area contributed by atoms with Gasteiger partial charge >= 0.3 is 6.18 Å². The Morgan fingerprint density at radius 3 is 2.42 bits per heavy atom. The van der Waals surface area contributed by atoms with E-state index in [2.05, 4.69) is 33.1 Å². The van der Waals surface area contributed by atoms with Gasteiger partial charge in [0.15, 0.2) is 0 Å². The summed E-state index contributed by atoms with van der Waals surface area (Å²) in [6.07, 6.45) is -3.49. The van der Waals surface area contributed by atoms with Crippen LogP contribution in [0.3, 0.4) is 0 Å². The molecular formula is C6H3BrF3NS. The molecule has 0 atom stereocenters. The van der Waals surface area contributed by atoms with Crippen LogP contribution in [0.4, 0.5) is 13.2 Å². The number of pyridine rings is 1. The predicted octanol–water partition coefficient (Wildman–Crippen LogP) is 3.53. The molecule has 1 heterocycles. The van der Waals surface area contributed by atoms with Gasteiger partial charge in [0.05, 0.1) is 10.0 Å². The highest BCUT2D eigenvalue weighted by molar-refractivity contribution is 9.10. The minimum atomic E-state index is -4.33. The van der Waals surface area contributed by atoms with E-state index in [4.69, 9.17) is 0 Å². The number of halogens is 4. The Hall–Kier alpha value is -0.360. The molecule has 1 N–H and O–H groups in total. The molecule has 0 bridgehead atoms. The van der Waals surface area contributed by atoms with Crippen LogP contribution in [0.1, 0.15) is 5.56 Å². The molecular weight excluding hydrogens is 255 g/mol. The van der Waals surface area contributed by atoms with E-state index in [9.17, 15) is 13.2 Å². The summed E-state index contributed by atoms with van der Waals surface area (Å²) in [5.41, 5.74) is -0.747. The van der Waals surface area contributed by atoms with Crippen molar-refractivity contribution in [3.05, 3.63) is 26.9 Å². The average molecular weight is 258 g/mol. The summed E-state index contributed by atoms with van der Waals surface area (Å²) in [7, 11) is 0. The van der Waals surface area contributed by atoms with Crippen LogP contribution in [0.5, 0.6) is 0 Å². The Balaban J connectivity index is 3.23. The number of aromatic nitrogens is 1. The van der Waals surface area contributed by atoms with Crippen LogP contribution in [0.2, 0.25) is 0 Å². The molecule has 0 aliphatic carbocycles. The Labute approximate surface area is 79.7 Å². The Morgan fingerprint density at radius 1 is 1.42 bits per heavy atom. The molecule has 0 aliphatic rings. The van der Waals surface area contributed by atoms with Crippen LogP contribution >= 0.6 is 28.1 Å². The van der Waals surface area contributed by atoms with Gasteiger partial charge in [0.2, 0.25) is 0 Å². The third-order valence-electron chi connectivity index (χ3n) is 1.19. The van der Waals surface area contributed by atoms with Gasteiger partial charge in [0, 0.05) is 6.20 Å². The van der Waals surface area contributed by atoms with Gasteiger partial charge in [-0.3, -0.25) is 0 Å². The molecule has 1 rings (SSSR count). The third kappa shape index (κ3) is 2.07. The summed E-state index contributed by atoms with van der Waals surface area (Å²) in [5.74, 6) is 0. The molecule has 0 aliphatic heterocycles. The fourth-order valence-corrected chi connectivity index (χ4v) is 1.10. The lowest BCUT2D eigenvalue weighted by molar-refractivity contribution is -0.137. The van der Waals surface area contributed by atoms with E-state index >= 15 is 0 Å². The Kier molecular flexibility index (Phi) is 2.58. The number of hydrogen-bond acceptors (Lipinski definition) is 1. The van der Waals surface area contributed by atoms with E-state index in [1.54, 1.807) is 0 Å². The maximum Gasteiger partial charge on any atom is 0.417 e. The van der Waals surface area contributed by atoms with Gasteiger partial charge in [-0.1, -0.05) is 12.2 Å². The number of aromatic amines is 1. The van der Waals surface area contributed by atoms with Crippen LogP contribution in [0.25, 0.3) is 0 Å². The van der Waals surface area contributed by atoms with Crippen molar-refractivity contribution in [3.8, 4) is 0 Å². The average Bonchev–Trinajstić information content (AvgIpc) is 1.92. The zero-order chi connectivity index (χ0) is 9.35. The van der Waals surface area contributed by atoms with E-state index in [0.29, 0.717) is 0 Å². The summed E-state index contributed by atoms with van der Waals surface area (Å²) >= 11 is 7.57.